The van der Waals surface area contributed by atoms with E-state index in [0.717, 1.165) is 30.8 Å². The maximum Gasteiger partial charge on any atom is 0.135 e. The fourth-order valence-electron chi connectivity index (χ4n) is 1.93. The van der Waals surface area contributed by atoms with Gasteiger partial charge < -0.3 is 10.7 Å². The lowest BCUT2D eigenvalue weighted by Crippen LogP contribution is -2.09. The normalized spacial score (nSPS) is 10.3. The summed E-state index contributed by atoms with van der Waals surface area (Å²) < 4.78 is 0. The number of hydrogen-bond donors (Lipinski definition) is 2. The standard InChI is InChI=1S/C15H25N3/c1-3-5-6-7-11-17-15-13(10-8-12-18-15)14(16)9-4-2/h8,10,12,16H,3-7,9,11H2,1-2H3,(H,17,18). The van der Waals surface area contributed by atoms with E-state index in [2.05, 4.69) is 24.1 Å². The molecule has 3 heteroatoms. The minimum absolute atomic E-state index is 0.682. The van der Waals surface area contributed by atoms with Gasteiger partial charge in [-0.1, -0.05) is 39.5 Å². The molecule has 3 nitrogen and oxygen atoms in total. The van der Waals surface area contributed by atoms with E-state index in [4.69, 9.17) is 5.41 Å². The molecule has 0 bridgehead atoms. The van der Waals surface area contributed by atoms with Crippen molar-refractivity contribution >= 4 is 11.5 Å². The predicted octanol–water partition coefficient (Wildman–Crippen LogP) is 4.24. The van der Waals surface area contributed by atoms with Gasteiger partial charge >= 0.3 is 0 Å². The molecule has 0 aromatic carbocycles. The first-order chi connectivity index (χ1) is 8.79. The van der Waals surface area contributed by atoms with Crippen molar-refractivity contribution in [3.8, 4) is 0 Å². The van der Waals surface area contributed by atoms with Crippen molar-refractivity contribution in [3.05, 3.63) is 23.9 Å². The molecule has 0 radical (unpaired) electrons. The van der Waals surface area contributed by atoms with E-state index in [1.165, 1.54) is 25.7 Å². The Morgan fingerprint density at radius 3 is 2.78 bits per heavy atom. The number of aromatic nitrogens is 1. The van der Waals surface area contributed by atoms with Crippen LogP contribution in [0.2, 0.25) is 0 Å². The number of hydrogen-bond acceptors (Lipinski definition) is 3. The monoisotopic (exact) mass is 247 g/mol. The Kier molecular flexibility index (Phi) is 7.07. The number of unbranched alkanes of at least 4 members (excludes halogenated alkanes) is 3. The van der Waals surface area contributed by atoms with Gasteiger partial charge in [-0.25, -0.2) is 4.98 Å². The largest absolute Gasteiger partial charge is 0.370 e. The highest BCUT2D eigenvalue weighted by molar-refractivity contribution is 6.02. The summed E-state index contributed by atoms with van der Waals surface area (Å²) >= 11 is 0. The van der Waals surface area contributed by atoms with E-state index >= 15 is 0 Å². The SMILES string of the molecule is CCCCCCNc1ncccc1C(=N)CCC. The zero-order chi connectivity index (χ0) is 13.2. The fourth-order valence-corrected chi connectivity index (χ4v) is 1.93. The third-order valence-corrected chi connectivity index (χ3v) is 2.96. The topological polar surface area (TPSA) is 48.8 Å². The number of nitrogens with one attached hydrogen (secondary N) is 2. The molecule has 18 heavy (non-hydrogen) atoms. The van der Waals surface area contributed by atoms with Gasteiger partial charge in [-0.2, -0.15) is 0 Å². The Balaban J connectivity index is 2.51. The van der Waals surface area contributed by atoms with Gasteiger partial charge in [0.1, 0.15) is 5.82 Å². The van der Waals surface area contributed by atoms with E-state index in [9.17, 15) is 0 Å². The summed E-state index contributed by atoms with van der Waals surface area (Å²) in [6.07, 6.45) is 8.60. The first-order valence-electron chi connectivity index (χ1n) is 7.06. The summed E-state index contributed by atoms with van der Waals surface area (Å²) in [6, 6.07) is 3.89. The summed E-state index contributed by atoms with van der Waals surface area (Å²) in [5.41, 5.74) is 1.64. The lowest BCUT2D eigenvalue weighted by molar-refractivity contribution is 0.684. The molecular formula is C15H25N3. The van der Waals surface area contributed by atoms with Gasteiger partial charge in [0.25, 0.3) is 0 Å². The third-order valence-electron chi connectivity index (χ3n) is 2.96. The average molecular weight is 247 g/mol. The second-order valence-corrected chi connectivity index (χ2v) is 4.62. The van der Waals surface area contributed by atoms with Crippen LogP contribution in [-0.2, 0) is 0 Å². The van der Waals surface area contributed by atoms with Gasteiger partial charge in [0.2, 0.25) is 0 Å². The molecule has 0 amide bonds. The van der Waals surface area contributed by atoms with E-state index in [1.54, 1.807) is 6.20 Å². The van der Waals surface area contributed by atoms with Crippen LogP contribution in [0, 0.1) is 5.41 Å². The molecular weight excluding hydrogens is 222 g/mol. The summed E-state index contributed by atoms with van der Waals surface area (Å²) in [6.45, 7) is 5.27. The van der Waals surface area contributed by atoms with Crippen LogP contribution >= 0.6 is 0 Å². The Labute approximate surface area is 111 Å². The van der Waals surface area contributed by atoms with Gasteiger partial charge in [-0.3, -0.25) is 0 Å². The van der Waals surface area contributed by atoms with Gasteiger partial charge in [-0.05, 0) is 25.0 Å². The van der Waals surface area contributed by atoms with Crippen molar-refractivity contribution in [2.75, 3.05) is 11.9 Å². The molecule has 0 saturated carbocycles. The van der Waals surface area contributed by atoms with E-state index in [1.807, 2.05) is 12.1 Å². The fraction of sp³-hybridized carbons (Fsp3) is 0.600. The minimum Gasteiger partial charge on any atom is -0.370 e. The molecule has 0 aliphatic rings. The molecule has 0 atom stereocenters. The molecule has 1 aromatic rings. The van der Waals surface area contributed by atoms with Crippen LogP contribution in [0.15, 0.2) is 18.3 Å². The van der Waals surface area contributed by atoms with Crippen LogP contribution in [0.25, 0.3) is 0 Å². The van der Waals surface area contributed by atoms with Crippen molar-refractivity contribution in [1.29, 1.82) is 5.41 Å². The third kappa shape index (κ3) is 4.86. The van der Waals surface area contributed by atoms with Crippen LogP contribution in [-0.4, -0.2) is 17.2 Å². The van der Waals surface area contributed by atoms with Crippen molar-refractivity contribution in [2.24, 2.45) is 0 Å². The molecule has 0 aliphatic heterocycles. The molecule has 0 fully saturated rings. The second kappa shape index (κ2) is 8.67. The Bertz CT molecular complexity index is 361. The molecule has 100 valence electrons. The van der Waals surface area contributed by atoms with Crippen LogP contribution in [0.5, 0.6) is 0 Å². The maximum absolute atomic E-state index is 8.04. The minimum atomic E-state index is 0.682. The zero-order valence-electron chi connectivity index (χ0n) is 11.6. The van der Waals surface area contributed by atoms with Crippen molar-refractivity contribution in [3.63, 3.8) is 0 Å². The predicted molar refractivity (Wildman–Crippen MR) is 78.6 cm³/mol. The average Bonchev–Trinajstić information content (AvgIpc) is 2.39. The number of nitrogens with zero attached hydrogens (tertiary/aromatic N) is 1. The Morgan fingerprint density at radius 2 is 2.06 bits per heavy atom. The quantitative estimate of drug-likeness (QED) is 0.506. The molecule has 0 spiro atoms. The number of rotatable bonds is 9. The van der Waals surface area contributed by atoms with E-state index < -0.39 is 0 Å². The first-order valence-corrected chi connectivity index (χ1v) is 7.06. The van der Waals surface area contributed by atoms with Crippen LogP contribution in [0.3, 0.4) is 0 Å². The molecule has 1 rings (SSSR count). The molecule has 0 saturated heterocycles. The number of pyridine rings is 1. The van der Waals surface area contributed by atoms with Crippen molar-refractivity contribution < 1.29 is 0 Å². The molecule has 2 N–H and O–H groups in total. The summed E-state index contributed by atoms with van der Waals surface area (Å²) in [5.74, 6) is 0.868. The smallest absolute Gasteiger partial charge is 0.135 e. The van der Waals surface area contributed by atoms with Crippen molar-refractivity contribution in [2.45, 2.75) is 52.4 Å². The number of anilines is 1. The Hall–Kier alpha value is -1.38. The van der Waals surface area contributed by atoms with Gasteiger partial charge in [-0.15, -0.1) is 0 Å². The molecule has 1 aromatic heterocycles. The highest BCUT2D eigenvalue weighted by atomic mass is 15.0. The summed E-state index contributed by atoms with van der Waals surface area (Å²) in [4.78, 5) is 4.35. The van der Waals surface area contributed by atoms with Gasteiger partial charge in [0, 0.05) is 24.0 Å². The molecule has 0 aliphatic carbocycles. The summed E-state index contributed by atoms with van der Waals surface area (Å²) in [7, 11) is 0. The first kappa shape index (κ1) is 14.7. The second-order valence-electron chi connectivity index (χ2n) is 4.62. The molecule has 1 heterocycles. The van der Waals surface area contributed by atoms with Gasteiger partial charge in [0.15, 0.2) is 0 Å². The van der Waals surface area contributed by atoms with E-state index in [-0.39, 0.29) is 0 Å². The van der Waals surface area contributed by atoms with Crippen LogP contribution in [0.4, 0.5) is 5.82 Å². The van der Waals surface area contributed by atoms with Crippen molar-refractivity contribution in [1.82, 2.24) is 4.98 Å². The highest BCUT2D eigenvalue weighted by Crippen LogP contribution is 2.14. The van der Waals surface area contributed by atoms with Gasteiger partial charge in [0.05, 0.1) is 0 Å². The Morgan fingerprint density at radius 1 is 1.22 bits per heavy atom. The molecule has 0 unspecified atom stereocenters. The van der Waals surface area contributed by atoms with Crippen LogP contribution < -0.4 is 5.32 Å². The van der Waals surface area contributed by atoms with Crippen LogP contribution in [0.1, 0.15) is 57.9 Å². The summed E-state index contributed by atoms with van der Waals surface area (Å²) in [5, 5.41) is 11.4. The van der Waals surface area contributed by atoms with E-state index in [0.29, 0.717) is 5.71 Å². The highest BCUT2D eigenvalue weighted by Gasteiger charge is 2.07. The zero-order valence-corrected chi connectivity index (χ0v) is 11.6. The lowest BCUT2D eigenvalue weighted by atomic mass is 10.1. The lowest BCUT2D eigenvalue weighted by Gasteiger charge is -2.11. The maximum atomic E-state index is 8.04.